The van der Waals surface area contributed by atoms with E-state index in [0.717, 1.165) is 16.4 Å². The van der Waals surface area contributed by atoms with E-state index in [-0.39, 0.29) is 12.0 Å². The standard InChI is InChI=1S/C14H25IO3/c1-11(12(2)15)8-14(6-5-7-16)17-9-13(3,4)10-18-14/h11,16H,2,5-10H2,1,3-4H3/t11-/m1/s1. The van der Waals surface area contributed by atoms with Crippen LogP contribution in [0.3, 0.4) is 0 Å². The van der Waals surface area contributed by atoms with Crippen LogP contribution >= 0.6 is 22.6 Å². The lowest BCUT2D eigenvalue weighted by Gasteiger charge is -2.44. The van der Waals surface area contributed by atoms with Crippen LogP contribution in [0.4, 0.5) is 0 Å². The first-order valence-corrected chi connectivity index (χ1v) is 7.61. The summed E-state index contributed by atoms with van der Waals surface area (Å²) in [6.45, 7) is 12.0. The van der Waals surface area contributed by atoms with Crippen molar-refractivity contribution in [2.75, 3.05) is 19.8 Å². The number of hydrogen-bond donors (Lipinski definition) is 1. The Hall–Kier alpha value is 0.350. The molecule has 0 unspecified atom stereocenters. The number of aliphatic hydroxyl groups is 1. The Morgan fingerprint density at radius 3 is 2.39 bits per heavy atom. The zero-order valence-electron chi connectivity index (χ0n) is 11.7. The summed E-state index contributed by atoms with van der Waals surface area (Å²) in [6, 6.07) is 0. The van der Waals surface area contributed by atoms with Crippen LogP contribution in [-0.2, 0) is 9.47 Å². The van der Waals surface area contributed by atoms with Crippen LogP contribution in [0.2, 0.25) is 0 Å². The van der Waals surface area contributed by atoms with E-state index in [1.807, 2.05) is 0 Å². The number of hydrogen-bond acceptors (Lipinski definition) is 3. The van der Waals surface area contributed by atoms with Gasteiger partial charge in [-0.05, 0) is 38.5 Å². The molecule has 1 heterocycles. The minimum Gasteiger partial charge on any atom is -0.396 e. The first-order valence-electron chi connectivity index (χ1n) is 6.53. The molecule has 0 saturated carbocycles. The second-order valence-corrected chi connectivity index (χ2v) is 7.42. The van der Waals surface area contributed by atoms with Crippen molar-refractivity contribution in [1.29, 1.82) is 0 Å². The van der Waals surface area contributed by atoms with Gasteiger partial charge in [-0.1, -0.05) is 27.4 Å². The molecule has 1 fully saturated rings. The summed E-state index contributed by atoms with van der Waals surface area (Å²) in [5.41, 5.74) is 0.0767. The van der Waals surface area contributed by atoms with E-state index in [0.29, 0.717) is 25.6 Å². The van der Waals surface area contributed by atoms with Crippen LogP contribution in [-0.4, -0.2) is 30.7 Å². The topological polar surface area (TPSA) is 38.7 Å². The highest BCUT2D eigenvalue weighted by atomic mass is 127. The lowest BCUT2D eigenvalue weighted by Crippen LogP contribution is -2.48. The SMILES string of the molecule is C=C(I)[C@H](C)CC1(CCCO)OCC(C)(C)CO1. The largest absolute Gasteiger partial charge is 0.396 e. The van der Waals surface area contributed by atoms with Crippen molar-refractivity contribution in [1.82, 2.24) is 0 Å². The van der Waals surface area contributed by atoms with E-state index in [1.165, 1.54) is 0 Å². The predicted molar refractivity (Wildman–Crippen MR) is 81.7 cm³/mol. The van der Waals surface area contributed by atoms with E-state index in [1.54, 1.807) is 0 Å². The smallest absolute Gasteiger partial charge is 0.169 e. The van der Waals surface area contributed by atoms with Crippen molar-refractivity contribution >= 4 is 22.6 Å². The number of rotatable bonds is 6. The highest BCUT2D eigenvalue weighted by Gasteiger charge is 2.41. The van der Waals surface area contributed by atoms with Crippen LogP contribution in [0.15, 0.2) is 10.2 Å². The lowest BCUT2D eigenvalue weighted by molar-refractivity contribution is -0.307. The van der Waals surface area contributed by atoms with Crippen LogP contribution in [0, 0.1) is 11.3 Å². The van der Waals surface area contributed by atoms with E-state index >= 15 is 0 Å². The van der Waals surface area contributed by atoms with Crippen LogP contribution < -0.4 is 0 Å². The van der Waals surface area contributed by atoms with Crippen molar-refractivity contribution in [3.63, 3.8) is 0 Å². The second-order valence-electron chi connectivity index (χ2n) is 6.03. The molecule has 0 aromatic rings. The molecule has 0 aromatic carbocycles. The van der Waals surface area contributed by atoms with Crippen molar-refractivity contribution in [2.45, 2.75) is 45.8 Å². The third-order valence-electron chi connectivity index (χ3n) is 3.32. The minimum absolute atomic E-state index is 0.0767. The number of allylic oxidation sites excluding steroid dienone is 1. The van der Waals surface area contributed by atoms with Gasteiger partial charge in [0, 0.05) is 24.9 Å². The summed E-state index contributed by atoms with van der Waals surface area (Å²) in [6.07, 6.45) is 2.26. The number of ether oxygens (including phenoxy) is 2. The molecule has 1 N–H and O–H groups in total. The van der Waals surface area contributed by atoms with E-state index in [2.05, 4.69) is 49.9 Å². The molecule has 0 bridgehead atoms. The van der Waals surface area contributed by atoms with E-state index in [9.17, 15) is 0 Å². The molecule has 1 atom stereocenters. The molecule has 3 nitrogen and oxygen atoms in total. The Morgan fingerprint density at radius 2 is 1.94 bits per heavy atom. The maximum absolute atomic E-state index is 9.03. The number of halogens is 1. The Kier molecular flexibility index (Phi) is 6.09. The van der Waals surface area contributed by atoms with Gasteiger partial charge < -0.3 is 14.6 Å². The Balaban J connectivity index is 2.68. The van der Waals surface area contributed by atoms with Crippen LogP contribution in [0.25, 0.3) is 0 Å². The second kappa shape index (κ2) is 6.68. The first kappa shape index (κ1) is 16.4. The fourth-order valence-electron chi connectivity index (χ4n) is 2.03. The zero-order valence-corrected chi connectivity index (χ0v) is 13.8. The molecule has 4 heteroatoms. The van der Waals surface area contributed by atoms with Crippen molar-refractivity contribution in [2.24, 2.45) is 11.3 Å². The van der Waals surface area contributed by atoms with Gasteiger partial charge in [-0.25, -0.2) is 0 Å². The van der Waals surface area contributed by atoms with Crippen molar-refractivity contribution in [3.05, 3.63) is 10.2 Å². The van der Waals surface area contributed by atoms with Gasteiger partial charge >= 0.3 is 0 Å². The summed E-state index contributed by atoms with van der Waals surface area (Å²) in [5.74, 6) is -0.184. The van der Waals surface area contributed by atoms with Gasteiger partial charge in [-0.15, -0.1) is 0 Å². The molecule has 0 spiro atoms. The van der Waals surface area contributed by atoms with E-state index in [4.69, 9.17) is 14.6 Å². The third-order valence-corrected chi connectivity index (χ3v) is 4.38. The molecule has 0 aliphatic carbocycles. The zero-order chi connectivity index (χ0) is 13.8. The van der Waals surface area contributed by atoms with Gasteiger partial charge in [0.05, 0.1) is 13.2 Å². The molecule has 1 saturated heterocycles. The minimum atomic E-state index is -0.536. The molecule has 0 amide bonds. The van der Waals surface area contributed by atoms with Crippen molar-refractivity contribution < 1.29 is 14.6 Å². The Labute approximate surface area is 124 Å². The highest BCUT2D eigenvalue weighted by Crippen LogP contribution is 2.38. The van der Waals surface area contributed by atoms with Crippen LogP contribution in [0.1, 0.15) is 40.0 Å². The summed E-state index contributed by atoms with van der Waals surface area (Å²) in [7, 11) is 0. The normalized spacial score (nSPS) is 23.6. The monoisotopic (exact) mass is 368 g/mol. The predicted octanol–water partition coefficient (Wildman–Crippen LogP) is 3.50. The molecule has 0 radical (unpaired) electrons. The van der Waals surface area contributed by atoms with Gasteiger partial charge in [0.1, 0.15) is 0 Å². The summed E-state index contributed by atoms with van der Waals surface area (Å²) in [5, 5.41) is 9.03. The van der Waals surface area contributed by atoms with Gasteiger partial charge in [-0.2, -0.15) is 0 Å². The lowest BCUT2D eigenvalue weighted by atomic mass is 9.91. The molecule has 1 aliphatic rings. The molecule has 0 aromatic heterocycles. The molecule has 18 heavy (non-hydrogen) atoms. The summed E-state index contributed by atoms with van der Waals surface area (Å²) in [4.78, 5) is 0. The Bertz CT molecular complexity index is 279. The molecule has 1 aliphatic heterocycles. The quantitative estimate of drug-likeness (QED) is 0.730. The summed E-state index contributed by atoms with van der Waals surface area (Å²) < 4.78 is 13.2. The van der Waals surface area contributed by atoms with Crippen LogP contribution in [0.5, 0.6) is 0 Å². The van der Waals surface area contributed by atoms with Gasteiger partial charge in [0.2, 0.25) is 0 Å². The average molecular weight is 368 g/mol. The van der Waals surface area contributed by atoms with E-state index < -0.39 is 5.79 Å². The number of aliphatic hydroxyl groups excluding tert-OH is 1. The fraction of sp³-hybridized carbons (Fsp3) is 0.857. The maximum Gasteiger partial charge on any atom is 0.169 e. The van der Waals surface area contributed by atoms with Gasteiger partial charge in [-0.3, -0.25) is 0 Å². The molecule has 1 rings (SSSR count). The maximum atomic E-state index is 9.03. The van der Waals surface area contributed by atoms with Gasteiger partial charge in [0.25, 0.3) is 0 Å². The highest BCUT2D eigenvalue weighted by molar-refractivity contribution is 14.1. The Morgan fingerprint density at radius 1 is 1.39 bits per heavy atom. The first-order chi connectivity index (χ1) is 8.30. The summed E-state index contributed by atoms with van der Waals surface area (Å²) >= 11 is 2.26. The molecular weight excluding hydrogens is 343 g/mol. The van der Waals surface area contributed by atoms with Crippen molar-refractivity contribution in [3.8, 4) is 0 Å². The van der Waals surface area contributed by atoms with Gasteiger partial charge in [0.15, 0.2) is 5.79 Å². The third kappa shape index (κ3) is 4.79. The molecular formula is C14H25IO3. The molecule has 106 valence electrons. The average Bonchev–Trinajstić information content (AvgIpc) is 2.30. The fourth-order valence-corrected chi connectivity index (χ4v) is 2.25.